The lowest BCUT2D eigenvalue weighted by Gasteiger charge is -2.31. The van der Waals surface area contributed by atoms with E-state index in [4.69, 9.17) is 4.74 Å². The minimum absolute atomic E-state index is 0.114. The van der Waals surface area contributed by atoms with Crippen molar-refractivity contribution in [2.24, 2.45) is 0 Å². The summed E-state index contributed by atoms with van der Waals surface area (Å²) in [4.78, 5) is 14.2. The highest BCUT2D eigenvalue weighted by molar-refractivity contribution is 7.89. The van der Waals surface area contributed by atoms with Crippen molar-refractivity contribution in [3.05, 3.63) is 53.6 Å². The van der Waals surface area contributed by atoms with Crippen molar-refractivity contribution >= 4 is 21.6 Å². The molecule has 1 aliphatic carbocycles. The van der Waals surface area contributed by atoms with Gasteiger partial charge in [-0.2, -0.15) is 0 Å². The van der Waals surface area contributed by atoms with Crippen LogP contribution in [-0.4, -0.2) is 34.0 Å². The summed E-state index contributed by atoms with van der Waals surface area (Å²) in [6.07, 6.45) is 3.24. The summed E-state index contributed by atoms with van der Waals surface area (Å²) >= 11 is 0. The molecule has 6 nitrogen and oxygen atoms in total. The molecule has 2 aromatic carbocycles. The third kappa shape index (κ3) is 3.44. The van der Waals surface area contributed by atoms with Gasteiger partial charge in [-0.05, 0) is 61.1 Å². The van der Waals surface area contributed by atoms with Crippen molar-refractivity contribution in [1.82, 2.24) is 4.72 Å². The first-order chi connectivity index (χ1) is 13.0. The van der Waals surface area contributed by atoms with Gasteiger partial charge in [0, 0.05) is 7.05 Å². The highest BCUT2D eigenvalue weighted by Gasteiger charge is 2.33. The first-order valence-corrected chi connectivity index (χ1v) is 10.6. The number of benzene rings is 2. The Morgan fingerprint density at radius 1 is 1.11 bits per heavy atom. The van der Waals surface area contributed by atoms with E-state index in [1.54, 1.807) is 31.3 Å². The number of amides is 1. The Kier molecular flexibility index (Phi) is 4.65. The van der Waals surface area contributed by atoms with Crippen molar-refractivity contribution in [1.29, 1.82) is 0 Å². The molecule has 1 N–H and O–H groups in total. The van der Waals surface area contributed by atoms with Gasteiger partial charge in [-0.3, -0.25) is 4.79 Å². The lowest BCUT2D eigenvalue weighted by atomic mass is 9.92. The van der Waals surface area contributed by atoms with Gasteiger partial charge in [0.05, 0.1) is 17.1 Å². The van der Waals surface area contributed by atoms with Crippen molar-refractivity contribution in [3.63, 3.8) is 0 Å². The predicted molar refractivity (Wildman–Crippen MR) is 103 cm³/mol. The lowest BCUT2D eigenvalue weighted by Crippen LogP contribution is -2.49. The van der Waals surface area contributed by atoms with Crippen LogP contribution in [0.2, 0.25) is 0 Å². The van der Waals surface area contributed by atoms with Gasteiger partial charge in [-0.25, -0.2) is 13.1 Å². The zero-order valence-corrected chi connectivity index (χ0v) is 16.0. The molecule has 0 spiro atoms. The monoisotopic (exact) mass is 386 g/mol. The van der Waals surface area contributed by atoms with Crippen LogP contribution in [0.4, 0.5) is 5.69 Å². The molecule has 1 heterocycles. The van der Waals surface area contributed by atoms with E-state index < -0.39 is 16.1 Å². The summed E-state index contributed by atoms with van der Waals surface area (Å²) in [5.74, 6) is 0.291. The largest absolute Gasteiger partial charge is 0.477 e. The van der Waals surface area contributed by atoms with Crippen LogP contribution < -0.4 is 14.4 Å². The first kappa shape index (κ1) is 18.0. The molecule has 0 bridgehead atoms. The average Bonchev–Trinajstić information content (AvgIpc) is 2.69. The summed E-state index contributed by atoms with van der Waals surface area (Å²) in [5, 5.41) is 0. The third-order valence-electron chi connectivity index (χ3n) is 5.19. The van der Waals surface area contributed by atoms with Gasteiger partial charge in [0.1, 0.15) is 5.75 Å². The maximum Gasteiger partial charge on any atom is 0.269 e. The molecule has 2 aliphatic rings. The number of sulfonamides is 1. The van der Waals surface area contributed by atoms with E-state index in [9.17, 15) is 13.2 Å². The van der Waals surface area contributed by atoms with Gasteiger partial charge in [-0.1, -0.05) is 18.2 Å². The zero-order valence-electron chi connectivity index (χ0n) is 15.1. The normalized spacial score (nSPS) is 19.2. The maximum atomic E-state index is 12.7. The number of anilines is 1. The number of aryl methyl sites for hydroxylation is 2. The molecule has 0 radical (unpaired) electrons. The molecule has 1 unspecified atom stereocenters. The van der Waals surface area contributed by atoms with E-state index in [1.807, 2.05) is 18.2 Å². The van der Waals surface area contributed by atoms with Gasteiger partial charge >= 0.3 is 0 Å². The second-order valence-corrected chi connectivity index (χ2v) is 8.73. The number of carbonyl (C=O) groups excluding carboxylic acids is 1. The quantitative estimate of drug-likeness (QED) is 0.875. The Labute approximate surface area is 159 Å². The molecular formula is C20H22N2O4S. The number of likely N-dealkylation sites (N-methyl/N-ethyl adjacent to an activating group) is 1. The number of hydrogen-bond donors (Lipinski definition) is 1. The van der Waals surface area contributed by atoms with Crippen molar-refractivity contribution < 1.29 is 17.9 Å². The molecule has 2 aromatic rings. The highest BCUT2D eigenvalue weighted by atomic mass is 32.2. The van der Waals surface area contributed by atoms with Crippen molar-refractivity contribution in [3.8, 4) is 5.75 Å². The predicted octanol–water partition coefficient (Wildman–Crippen LogP) is 2.27. The fourth-order valence-corrected chi connectivity index (χ4v) is 4.73. The van der Waals surface area contributed by atoms with Gasteiger partial charge < -0.3 is 9.64 Å². The molecule has 0 fully saturated rings. The Morgan fingerprint density at radius 3 is 2.67 bits per heavy atom. The van der Waals surface area contributed by atoms with E-state index in [0.29, 0.717) is 11.4 Å². The van der Waals surface area contributed by atoms with E-state index in [1.165, 1.54) is 10.5 Å². The minimum atomic E-state index is -3.71. The zero-order chi connectivity index (χ0) is 19.0. The van der Waals surface area contributed by atoms with Crippen LogP contribution in [-0.2, 0) is 27.7 Å². The van der Waals surface area contributed by atoms with Crippen molar-refractivity contribution in [2.75, 3.05) is 18.5 Å². The Bertz CT molecular complexity index is 987. The van der Waals surface area contributed by atoms with Crippen LogP contribution in [0.5, 0.6) is 5.75 Å². The smallest absolute Gasteiger partial charge is 0.269 e. The molecule has 0 aromatic heterocycles. The molecule has 7 heteroatoms. The summed E-state index contributed by atoms with van der Waals surface area (Å²) < 4.78 is 33.7. The topological polar surface area (TPSA) is 75.7 Å². The highest BCUT2D eigenvalue weighted by Crippen LogP contribution is 2.32. The maximum absolute atomic E-state index is 12.7. The Hall–Kier alpha value is -2.38. The standard InChI is InChI=1S/C20H22N2O4S/c1-22-17-8-4-5-9-18(17)26-19(20(22)23)13-21-27(24,25)16-11-10-14-6-2-3-7-15(14)12-16/h4-5,8-12,19,21H,2-3,6-7,13H2,1H3. The van der Waals surface area contributed by atoms with Crippen LogP contribution in [0.3, 0.4) is 0 Å². The fourth-order valence-electron chi connectivity index (χ4n) is 3.65. The molecule has 1 aliphatic heterocycles. The molecular weight excluding hydrogens is 364 g/mol. The molecule has 4 rings (SSSR count). The number of para-hydroxylation sites is 2. The van der Waals surface area contributed by atoms with Crippen LogP contribution in [0.1, 0.15) is 24.0 Å². The van der Waals surface area contributed by atoms with Crippen LogP contribution in [0.15, 0.2) is 47.4 Å². The average molecular weight is 386 g/mol. The van der Waals surface area contributed by atoms with E-state index >= 15 is 0 Å². The van der Waals surface area contributed by atoms with E-state index in [0.717, 1.165) is 31.2 Å². The summed E-state index contributed by atoms with van der Waals surface area (Å²) in [6, 6.07) is 12.5. The van der Waals surface area contributed by atoms with Gasteiger partial charge in [0.25, 0.3) is 5.91 Å². The fraction of sp³-hybridized carbons (Fsp3) is 0.350. The Balaban J connectivity index is 1.50. The van der Waals surface area contributed by atoms with Crippen LogP contribution in [0, 0.1) is 0 Å². The van der Waals surface area contributed by atoms with E-state index in [2.05, 4.69) is 4.72 Å². The number of ether oxygens (including phenoxy) is 1. The first-order valence-electron chi connectivity index (χ1n) is 9.10. The number of nitrogens with zero attached hydrogens (tertiary/aromatic N) is 1. The molecule has 27 heavy (non-hydrogen) atoms. The number of rotatable bonds is 4. The summed E-state index contributed by atoms with van der Waals surface area (Å²) in [7, 11) is -2.05. The number of fused-ring (bicyclic) bond motifs is 2. The minimum Gasteiger partial charge on any atom is -0.477 e. The van der Waals surface area contributed by atoms with Gasteiger partial charge in [-0.15, -0.1) is 0 Å². The SMILES string of the molecule is CN1C(=O)C(CNS(=O)(=O)c2ccc3c(c2)CCCC3)Oc2ccccc21. The van der Waals surface area contributed by atoms with E-state index in [-0.39, 0.29) is 17.3 Å². The molecule has 1 amide bonds. The Morgan fingerprint density at radius 2 is 1.85 bits per heavy atom. The lowest BCUT2D eigenvalue weighted by molar-refractivity contribution is -0.125. The van der Waals surface area contributed by atoms with Crippen LogP contribution in [0.25, 0.3) is 0 Å². The van der Waals surface area contributed by atoms with Gasteiger partial charge in [0.2, 0.25) is 10.0 Å². The second kappa shape index (κ2) is 6.98. The molecule has 0 saturated heterocycles. The number of nitrogens with one attached hydrogen (secondary N) is 1. The summed E-state index contributed by atoms with van der Waals surface area (Å²) in [6.45, 7) is -0.114. The van der Waals surface area contributed by atoms with Gasteiger partial charge in [0.15, 0.2) is 6.10 Å². The molecule has 0 saturated carbocycles. The third-order valence-corrected chi connectivity index (χ3v) is 6.61. The number of carbonyl (C=O) groups is 1. The van der Waals surface area contributed by atoms with Crippen molar-refractivity contribution in [2.45, 2.75) is 36.7 Å². The van der Waals surface area contributed by atoms with Crippen LogP contribution >= 0.6 is 0 Å². The number of hydrogen-bond acceptors (Lipinski definition) is 4. The molecule has 1 atom stereocenters. The summed E-state index contributed by atoms with van der Waals surface area (Å²) in [5.41, 5.74) is 3.00. The molecule has 142 valence electrons. The second-order valence-electron chi connectivity index (χ2n) is 6.96.